The molecule has 0 aliphatic heterocycles. The highest BCUT2D eigenvalue weighted by atomic mass is 16.2. The molecule has 22 heavy (non-hydrogen) atoms. The maximum atomic E-state index is 11.8. The molecule has 0 bridgehead atoms. The molecule has 0 spiro atoms. The maximum Gasteiger partial charge on any atom is 0.222 e. The number of rotatable bonds is 15. The summed E-state index contributed by atoms with van der Waals surface area (Å²) in [5, 5.41) is 2.94. The third kappa shape index (κ3) is 13.9. The second-order valence-corrected chi connectivity index (χ2v) is 6.38. The molecule has 0 saturated heterocycles. The lowest BCUT2D eigenvalue weighted by atomic mass is 10.0. The van der Waals surface area contributed by atoms with Crippen molar-refractivity contribution in [1.29, 1.82) is 0 Å². The van der Waals surface area contributed by atoms with Crippen molar-refractivity contribution in [2.45, 2.75) is 90.9 Å². The minimum atomic E-state index is -0.339. The van der Waals surface area contributed by atoms with E-state index in [1.165, 1.54) is 57.8 Å². The normalized spacial score (nSPS) is 12.1. The van der Waals surface area contributed by atoms with E-state index in [1.807, 2.05) is 6.92 Å². The molecule has 2 amide bonds. The maximum absolute atomic E-state index is 11.8. The van der Waals surface area contributed by atoms with E-state index in [0.717, 1.165) is 13.0 Å². The summed E-state index contributed by atoms with van der Waals surface area (Å²) >= 11 is 0. The first-order chi connectivity index (χ1) is 10.6. The van der Waals surface area contributed by atoms with Crippen molar-refractivity contribution in [2.24, 2.45) is 11.7 Å². The van der Waals surface area contributed by atoms with Crippen LogP contribution in [0.25, 0.3) is 0 Å². The summed E-state index contributed by atoms with van der Waals surface area (Å²) in [4.78, 5) is 22.4. The van der Waals surface area contributed by atoms with Crippen molar-refractivity contribution < 1.29 is 9.59 Å². The average Bonchev–Trinajstić information content (AvgIpc) is 2.49. The summed E-state index contributed by atoms with van der Waals surface area (Å²) in [7, 11) is 0. The monoisotopic (exact) mass is 312 g/mol. The largest absolute Gasteiger partial charge is 0.370 e. The number of nitrogens with two attached hydrogens (primary N) is 1. The summed E-state index contributed by atoms with van der Waals surface area (Å²) in [6.45, 7) is 4.84. The van der Waals surface area contributed by atoms with E-state index in [1.54, 1.807) is 0 Å². The standard InChI is InChI=1S/C18H36N2O2/c1-3-4-5-6-7-8-9-10-11-12-15-20-18(22)16(2)13-14-17(19)21/h16H,3-15H2,1-2H3,(H2,19,21)(H,20,22). The molecule has 0 aliphatic rings. The number of primary amides is 1. The van der Waals surface area contributed by atoms with Gasteiger partial charge in [-0.1, -0.05) is 71.6 Å². The van der Waals surface area contributed by atoms with Gasteiger partial charge in [-0.15, -0.1) is 0 Å². The van der Waals surface area contributed by atoms with E-state index >= 15 is 0 Å². The molecule has 0 radical (unpaired) electrons. The van der Waals surface area contributed by atoms with E-state index in [9.17, 15) is 9.59 Å². The van der Waals surface area contributed by atoms with Gasteiger partial charge < -0.3 is 11.1 Å². The number of carbonyl (C=O) groups excluding carboxylic acids is 2. The van der Waals surface area contributed by atoms with Gasteiger partial charge in [-0.2, -0.15) is 0 Å². The number of unbranched alkanes of at least 4 members (excludes halogenated alkanes) is 9. The van der Waals surface area contributed by atoms with Gasteiger partial charge in [-0.3, -0.25) is 9.59 Å². The molecule has 130 valence electrons. The Kier molecular flexibility index (Phi) is 14.1. The zero-order chi connectivity index (χ0) is 16.6. The van der Waals surface area contributed by atoms with Gasteiger partial charge in [0, 0.05) is 18.9 Å². The van der Waals surface area contributed by atoms with Crippen LogP contribution in [0.4, 0.5) is 0 Å². The highest BCUT2D eigenvalue weighted by molar-refractivity contribution is 5.79. The Labute approximate surface area is 136 Å². The molecule has 0 rings (SSSR count). The molecule has 3 N–H and O–H groups in total. The Morgan fingerprint density at radius 3 is 1.91 bits per heavy atom. The van der Waals surface area contributed by atoms with Crippen molar-refractivity contribution in [3.05, 3.63) is 0 Å². The minimum Gasteiger partial charge on any atom is -0.370 e. The minimum absolute atomic E-state index is 0.0391. The summed E-state index contributed by atoms with van der Waals surface area (Å²) in [5.41, 5.74) is 5.08. The van der Waals surface area contributed by atoms with Crippen molar-refractivity contribution in [3.8, 4) is 0 Å². The number of amides is 2. The first-order valence-corrected chi connectivity index (χ1v) is 9.14. The summed E-state index contributed by atoms with van der Waals surface area (Å²) in [6, 6.07) is 0. The molecule has 0 saturated carbocycles. The zero-order valence-corrected chi connectivity index (χ0v) is 14.7. The van der Waals surface area contributed by atoms with Gasteiger partial charge in [0.25, 0.3) is 0 Å². The van der Waals surface area contributed by atoms with Crippen LogP contribution < -0.4 is 11.1 Å². The van der Waals surface area contributed by atoms with Crippen LogP contribution in [0.5, 0.6) is 0 Å². The first-order valence-electron chi connectivity index (χ1n) is 9.14. The van der Waals surface area contributed by atoms with Crippen LogP contribution in [0, 0.1) is 5.92 Å². The first kappa shape index (κ1) is 20.9. The van der Waals surface area contributed by atoms with Gasteiger partial charge in [0.2, 0.25) is 11.8 Å². The van der Waals surface area contributed by atoms with Crippen LogP contribution in [0.15, 0.2) is 0 Å². The second-order valence-electron chi connectivity index (χ2n) is 6.38. The fourth-order valence-electron chi connectivity index (χ4n) is 2.49. The fourth-order valence-corrected chi connectivity index (χ4v) is 2.49. The van der Waals surface area contributed by atoms with Crippen LogP contribution in [-0.4, -0.2) is 18.4 Å². The lowest BCUT2D eigenvalue weighted by molar-refractivity contribution is -0.125. The van der Waals surface area contributed by atoms with Crippen molar-refractivity contribution in [2.75, 3.05) is 6.54 Å². The van der Waals surface area contributed by atoms with E-state index in [-0.39, 0.29) is 24.2 Å². The molecule has 0 fully saturated rings. The average molecular weight is 312 g/mol. The Hall–Kier alpha value is -1.06. The van der Waals surface area contributed by atoms with Crippen LogP contribution in [-0.2, 0) is 9.59 Å². The van der Waals surface area contributed by atoms with E-state index in [0.29, 0.717) is 6.42 Å². The topological polar surface area (TPSA) is 72.2 Å². The number of hydrogen-bond acceptors (Lipinski definition) is 2. The molecule has 0 aliphatic carbocycles. The van der Waals surface area contributed by atoms with Gasteiger partial charge in [0.1, 0.15) is 0 Å². The molecule has 4 nitrogen and oxygen atoms in total. The lowest BCUT2D eigenvalue weighted by Gasteiger charge is -2.11. The third-order valence-electron chi connectivity index (χ3n) is 4.10. The summed E-state index contributed by atoms with van der Waals surface area (Å²) in [6.07, 6.45) is 13.8. The van der Waals surface area contributed by atoms with Crippen molar-refractivity contribution >= 4 is 11.8 Å². The van der Waals surface area contributed by atoms with Crippen LogP contribution in [0.3, 0.4) is 0 Å². The van der Waals surface area contributed by atoms with Crippen LogP contribution in [0.1, 0.15) is 90.9 Å². The fraction of sp³-hybridized carbons (Fsp3) is 0.889. The smallest absolute Gasteiger partial charge is 0.222 e. The van der Waals surface area contributed by atoms with Gasteiger partial charge in [0.05, 0.1) is 0 Å². The van der Waals surface area contributed by atoms with Crippen molar-refractivity contribution in [3.63, 3.8) is 0 Å². The van der Waals surface area contributed by atoms with Gasteiger partial charge in [-0.25, -0.2) is 0 Å². The molecule has 0 aromatic rings. The summed E-state index contributed by atoms with van der Waals surface area (Å²) < 4.78 is 0. The molecule has 0 aromatic carbocycles. The Morgan fingerprint density at radius 1 is 0.909 bits per heavy atom. The molecule has 0 heterocycles. The van der Waals surface area contributed by atoms with E-state index < -0.39 is 0 Å². The van der Waals surface area contributed by atoms with Crippen LogP contribution >= 0.6 is 0 Å². The van der Waals surface area contributed by atoms with Crippen molar-refractivity contribution in [1.82, 2.24) is 5.32 Å². The highest BCUT2D eigenvalue weighted by Crippen LogP contribution is 2.10. The Bertz CT molecular complexity index is 293. The zero-order valence-electron chi connectivity index (χ0n) is 14.7. The molecule has 4 heteroatoms. The molecular weight excluding hydrogens is 276 g/mol. The predicted octanol–water partition coefficient (Wildman–Crippen LogP) is 3.93. The third-order valence-corrected chi connectivity index (χ3v) is 4.10. The molecule has 1 atom stereocenters. The van der Waals surface area contributed by atoms with Gasteiger partial charge >= 0.3 is 0 Å². The molecular formula is C18H36N2O2. The van der Waals surface area contributed by atoms with Gasteiger partial charge in [-0.05, 0) is 12.8 Å². The Morgan fingerprint density at radius 2 is 1.41 bits per heavy atom. The second kappa shape index (κ2) is 14.9. The molecule has 1 unspecified atom stereocenters. The van der Waals surface area contributed by atoms with Crippen LogP contribution in [0.2, 0.25) is 0 Å². The predicted molar refractivity (Wildman–Crippen MR) is 92.4 cm³/mol. The Balaban J connectivity index is 3.31. The van der Waals surface area contributed by atoms with E-state index in [2.05, 4.69) is 12.2 Å². The molecule has 0 aromatic heterocycles. The number of carbonyl (C=O) groups is 2. The number of hydrogen-bond donors (Lipinski definition) is 2. The van der Waals surface area contributed by atoms with Gasteiger partial charge in [0.15, 0.2) is 0 Å². The summed E-state index contributed by atoms with van der Waals surface area (Å²) in [5.74, 6) is -0.429. The quantitative estimate of drug-likeness (QED) is 0.450. The lowest BCUT2D eigenvalue weighted by Crippen LogP contribution is -2.30. The highest BCUT2D eigenvalue weighted by Gasteiger charge is 2.12. The SMILES string of the molecule is CCCCCCCCCCCCNC(=O)C(C)CCC(N)=O. The van der Waals surface area contributed by atoms with E-state index in [4.69, 9.17) is 5.73 Å². The number of nitrogens with one attached hydrogen (secondary N) is 1.